The summed E-state index contributed by atoms with van der Waals surface area (Å²) < 4.78 is 27.3. The molecule has 0 saturated carbocycles. The monoisotopic (exact) mass is 180 g/mol. The Balaban J connectivity index is 2.15. The Morgan fingerprint density at radius 1 is 1.67 bits per heavy atom. The Hall–Kier alpha value is -0.910. The summed E-state index contributed by atoms with van der Waals surface area (Å²) in [7, 11) is 1.49. The van der Waals surface area contributed by atoms with E-state index in [1.807, 2.05) is 0 Å². The molecule has 1 rings (SSSR count). The zero-order chi connectivity index (χ0) is 9.14. The molecule has 0 aromatic heterocycles. The van der Waals surface area contributed by atoms with Crippen LogP contribution in [-0.2, 0) is 4.74 Å². The highest BCUT2D eigenvalue weighted by Crippen LogP contribution is 2.14. The summed E-state index contributed by atoms with van der Waals surface area (Å²) >= 11 is 0. The third-order valence-corrected chi connectivity index (χ3v) is 1.64. The largest absolute Gasteiger partial charge is 0.345 e. The van der Waals surface area contributed by atoms with Crippen molar-refractivity contribution in [3.63, 3.8) is 0 Å². The van der Waals surface area contributed by atoms with E-state index in [0.717, 1.165) is 0 Å². The Labute approximate surface area is 68.5 Å². The van der Waals surface area contributed by atoms with Crippen molar-refractivity contribution in [2.24, 2.45) is 0 Å². The van der Waals surface area contributed by atoms with Gasteiger partial charge in [-0.1, -0.05) is 0 Å². The van der Waals surface area contributed by atoms with Crippen molar-refractivity contribution < 1.29 is 18.3 Å². The first kappa shape index (κ1) is 9.18. The minimum Gasteiger partial charge on any atom is -0.341 e. The molecular formula is C6H10F2N2O2. The molecule has 70 valence electrons. The number of likely N-dealkylation sites (tertiary alicyclic amines) is 1. The van der Waals surface area contributed by atoms with Gasteiger partial charge in [-0.25, -0.2) is 4.79 Å². The fraction of sp³-hybridized carbons (Fsp3) is 0.833. The fourth-order valence-corrected chi connectivity index (χ4v) is 0.994. The number of hydrogen-bond acceptors (Lipinski definition) is 2. The van der Waals surface area contributed by atoms with Crippen LogP contribution in [0.5, 0.6) is 0 Å². The summed E-state index contributed by atoms with van der Waals surface area (Å²) in [6.45, 7) is -2.27. The molecule has 6 heteroatoms. The van der Waals surface area contributed by atoms with Crippen molar-refractivity contribution in [2.75, 3.05) is 20.1 Å². The number of alkyl halides is 2. The van der Waals surface area contributed by atoms with Gasteiger partial charge in [-0.15, -0.1) is 0 Å². The summed E-state index contributed by atoms with van der Waals surface area (Å²) in [6.07, 6.45) is -0.512. The maximum absolute atomic E-state index is 11.6. The molecule has 1 saturated heterocycles. The SMILES string of the molecule is CNC(=O)N1CC(OC(F)F)C1. The van der Waals surface area contributed by atoms with E-state index in [1.165, 1.54) is 11.9 Å². The molecule has 0 radical (unpaired) electrons. The Kier molecular flexibility index (Phi) is 2.80. The van der Waals surface area contributed by atoms with E-state index < -0.39 is 12.7 Å². The molecule has 0 aromatic carbocycles. The van der Waals surface area contributed by atoms with Crippen LogP contribution in [0.2, 0.25) is 0 Å². The van der Waals surface area contributed by atoms with Crippen LogP contribution >= 0.6 is 0 Å². The molecule has 1 heterocycles. The van der Waals surface area contributed by atoms with Crippen molar-refractivity contribution in [3.05, 3.63) is 0 Å². The second kappa shape index (κ2) is 3.66. The number of urea groups is 1. The van der Waals surface area contributed by atoms with E-state index in [9.17, 15) is 13.6 Å². The smallest absolute Gasteiger partial charge is 0.341 e. The van der Waals surface area contributed by atoms with Gasteiger partial charge in [0.25, 0.3) is 0 Å². The Morgan fingerprint density at radius 3 is 2.67 bits per heavy atom. The zero-order valence-electron chi connectivity index (χ0n) is 6.59. The van der Waals surface area contributed by atoms with Gasteiger partial charge < -0.3 is 15.0 Å². The average Bonchev–Trinajstić information content (AvgIpc) is 1.94. The van der Waals surface area contributed by atoms with Gasteiger partial charge in [-0.2, -0.15) is 8.78 Å². The highest BCUT2D eigenvalue weighted by atomic mass is 19.3. The summed E-state index contributed by atoms with van der Waals surface area (Å²) in [5.74, 6) is 0. The number of nitrogens with zero attached hydrogens (tertiary/aromatic N) is 1. The van der Waals surface area contributed by atoms with Crippen LogP contribution in [0.3, 0.4) is 0 Å². The highest BCUT2D eigenvalue weighted by Gasteiger charge is 2.32. The van der Waals surface area contributed by atoms with Crippen molar-refractivity contribution in [1.82, 2.24) is 10.2 Å². The molecule has 0 bridgehead atoms. The van der Waals surface area contributed by atoms with Crippen LogP contribution in [0, 0.1) is 0 Å². The molecule has 0 atom stereocenters. The van der Waals surface area contributed by atoms with Crippen LogP contribution in [0.15, 0.2) is 0 Å². The van der Waals surface area contributed by atoms with Crippen molar-refractivity contribution in [1.29, 1.82) is 0 Å². The van der Waals surface area contributed by atoms with Crippen LogP contribution in [0.4, 0.5) is 13.6 Å². The second-order valence-electron chi connectivity index (χ2n) is 2.48. The number of carbonyl (C=O) groups excluding carboxylic acids is 1. The lowest BCUT2D eigenvalue weighted by molar-refractivity contribution is -0.189. The maximum atomic E-state index is 11.6. The molecule has 1 N–H and O–H groups in total. The topological polar surface area (TPSA) is 41.6 Å². The quantitative estimate of drug-likeness (QED) is 0.661. The van der Waals surface area contributed by atoms with Crippen LogP contribution in [0.25, 0.3) is 0 Å². The maximum Gasteiger partial charge on any atom is 0.345 e. The van der Waals surface area contributed by atoms with E-state index >= 15 is 0 Å². The Bertz CT molecular complexity index is 171. The van der Waals surface area contributed by atoms with Gasteiger partial charge >= 0.3 is 12.6 Å². The minimum atomic E-state index is -2.75. The van der Waals surface area contributed by atoms with Crippen LogP contribution < -0.4 is 5.32 Å². The van der Waals surface area contributed by atoms with Crippen molar-refractivity contribution in [3.8, 4) is 0 Å². The lowest BCUT2D eigenvalue weighted by atomic mass is 10.2. The summed E-state index contributed by atoms with van der Waals surface area (Å²) in [5.41, 5.74) is 0. The first-order chi connectivity index (χ1) is 5.63. The highest BCUT2D eigenvalue weighted by molar-refractivity contribution is 5.74. The number of nitrogens with one attached hydrogen (secondary N) is 1. The van der Waals surface area contributed by atoms with E-state index in [-0.39, 0.29) is 19.1 Å². The van der Waals surface area contributed by atoms with E-state index in [4.69, 9.17) is 0 Å². The van der Waals surface area contributed by atoms with Gasteiger partial charge in [0.1, 0.15) is 0 Å². The normalized spacial score (nSPS) is 17.8. The number of halogens is 2. The first-order valence-corrected chi connectivity index (χ1v) is 3.53. The fourth-order valence-electron chi connectivity index (χ4n) is 0.994. The van der Waals surface area contributed by atoms with Crippen molar-refractivity contribution in [2.45, 2.75) is 12.7 Å². The molecule has 0 unspecified atom stereocenters. The molecule has 0 aliphatic carbocycles. The van der Waals surface area contributed by atoms with Gasteiger partial charge in [0, 0.05) is 7.05 Å². The first-order valence-electron chi connectivity index (χ1n) is 3.53. The predicted octanol–water partition coefficient (Wildman–Crippen LogP) is 0.249. The summed E-state index contributed by atoms with van der Waals surface area (Å²) in [5, 5.41) is 2.38. The van der Waals surface area contributed by atoms with Gasteiger partial charge in [0.05, 0.1) is 19.2 Å². The molecule has 2 amide bonds. The standard InChI is InChI=1S/C6H10F2N2O2/c1-9-6(11)10-2-4(3-10)12-5(7)8/h4-5H,2-3H2,1H3,(H,9,11). The number of carbonyl (C=O) groups is 1. The van der Waals surface area contributed by atoms with Crippen LogP contribution in [-0.4, -0.2) is 43.8 Å². The lowest BCUT2D eigenvalue weighted by Crippen LogP contribution is -2.57. The Morgan fingerprint density at radius 2 is 2.25 bits per heavy atom. The average molecular weight is 180 g/mol. The number of amides is 2. The lowest BCUT2D eigenvalue weighted by Gasteiger charge is -2.37. The zero-order valence-corrected chi connectivity index (χ0v) is 6.59. The molecule has 12 heavy (non-hydrogen) atoms. The van der Waals surface area contributed by atoms with Gasteiger partial charge in [-0.3, -0.25) is 0 Å². The second-order valence-corrected chi connectivity index (χ2v) is 2.48. The molecule has 0 aromatic rings. The molecule has 0 spiro atoms. The van der Waals surface area contributed by atoms with Crippen molar-refractivity contribution >= 4 is 6.03 Å². The molecular weight excluding hydrogens is 170 g/mol. The number of rotatable bonds is 2. The van der Waals surface area contributed by atoms with E-state index in [1.54, 1.807) is 0 Å². The number of hydrogen-bond donors (Lipinski definition) is 1. The number of ether oxygens (including phenoxy) is 1. The van der Waals surface area contributed by atoms with Gasteiger partial charge in [-0.05, 0) is 0 Å². The van der Waals surface area contributed by atoms with E-state index in [2.05, 4.69) is 10.1 Å². The third kappa shape index (κ3) is 2.04. The molecule has 1 fully saturated rings. The molecule has 1 aliphatic heterocycles. The predicted molar refractivity (Wildman–Crippen MR) is 36.9 cm³/mol. The van der Waals surface area contributed by atoms with Crippen LogP contribution in [0.1, 0.15) is 0 Å². The van der Waals surface area contributed by atoms with E-state index in [0.29, 0.717) is 0 Å². The molecule has 4 nitrogen and oxygen atoms in total. The summed E-state index contributed by atoms with van der Waals surface area (Å²) in [6, 6.07) is -0.260. The van der Waals surface area contributed by atoms with Gasteiger partial charge in [0.2, 0.25) is 0 Å². The third-order valence-electron chi connectivity index (χ3n) is 1.64. The minimum absolute atomic E-state index is 0.240. The summed E-state index contributed by atoms with van der Waals surface area (Å²) in [4.78, 5) is 12.2. The molecule has 1 aliphatic rings. The van der Waals surface area contributed by atoms with Gasteiger partial charge in [0.15, 0.2) is 0 Å².